The molecule has 1 N–H and O–H groups in total. The molecular weight excluding hydrogens is 412 g/mol. The topological polar surface area (TPSA) is 85.6 Å². The molecule has 31 heavy (non-hydrogen) atoms. The Morgan fingerprint density at radius 2 is 1.90 bits per heavy atom. The van der Waals surface area contributed by atoms with Crippen molar-refractivity contribution in [3.05, 3.63) is 87.3 Å². The summed E-state index contributed by atoms with van der Waals surface area (Å²) in [5.41, 5.74) is 2.01. The van der Waals surface area contributed by atoms with Crippen LogP contribution < -0.4 is 15.6 Å². The zero-order chi connectivity index (χ0) is 21.8. The van der Waals surface area contributed by atoms with Gasteiger partial charge in [-0.3, -0.25) is 9.59 Å². The number of amides is 1. The number of aryl methyl sites for hydroxylation is 1. The van der Waals surface area contributed by atoms with Crippen LogP contribution >= 0.6 is 11.3 Å². The molecule has 0 saturated heterocycles. The summed E-state index contributed by atoms with van der Waals surface area (Å²) in [4.78, 5) is 29.8. The van der Waals surface area contributed by atoms with Gasteiger partial charge in [0.25, 0.3) is 5.56 Å². The van der Waals surface area contributed by atoms with Crippen molar-refractivity contribution < 1.29 is 9.53 Å². The fourth-order valence-corrected chi connectivity index (χ4v) is 4.07. The number of fused-ring (bicyclic) bond motifs is 1. The summed E-state index contributed by atoms with van der Waals surface area (Å²) in [6.45, 7) is 4.00. The molecule has 4 aromatic rings. The first-order valence-corrected chi connectivity index (χ1v) is 10.8. The van der Waals surface area contributed by atoms with E-state index in [1.165, 1.54) is 21.9 Å². The Balaban J connectivity index is 1.39. The van der Waals surface area contributed by atoms with Gasteiger partial charge >= 0.3 is 0 Å². The number of hydrogen-bond acceptors (Lipinski definition) is 6. The summed E-state index contributed by atoms with van der Waals surface area (Å²) >= 11 is 1.36. The van der Waals surface area contributed by atoms with E-state index in [4.69, 9.17) is 4.74 Å². The van der Waals surface area contributed by atoms with Crippen LogP contribution in [0.3, 0.4) is 0 Å². The quantitative estimate of drug-likeness (QED) is 0.472. The number of carbonyl (C=O) groups excluding carboxylic acids is 1. The van der Waals surface area contributed by atoms with Crippen molar-refractivity contribution in [3.8, 4) is 5.75 Å². The smallest absolute Gasteiger partial charge is 0.275 e. The first kappa shape index (κ1) is 20.7. The molecule has 2 heterocycles. The fourth-order valence-electron chi connectivity index (χ4n) is 3.30. The lowest BCUT2D eigenvalue weighted by atomic mass is 9.95. The number of nitrogens with one attached hydrogen (secondary N) is 1. The number of benzene rings is 2. The Hall–Kier alpha value is -3.52. The molecule has 0 fully saturated rings. The van der Waals surface area contributed by atoms with Crippen molar-refractivity contribution in [2.75, 3.05) is 5.32 Å². The van der Waals surface area contributed by atoms with Crippen molar-refractivity contribution in [3.63, 3.8) is 0 Å². The Morgan fingerprint density at radius 3 is 2.61 bits per heavy atom. The Morgan fingerprint density at radius 1 is 1.16 bits per heavy atom. The zero-order valence-electron chi connectivity index (χ0n) is 17.2. The standard InChI is InChI=1S/C23H22N4O3S/c1-3-20(16-7-5-4-6-8-16)22(29)24-17-9-11-19(12-10-17)30-14-18-13-21(28)27-23(25-18)31-15(2)26-27/h4-13,20H,3,14H2,1-2H3,(H,24,29)/t20-/m0/s1. The molecule has 0 saturated carbocycles. The first-order valence-electron chi connectivity index (χ1n) is 9.98. The third-order valence-electron chi connectivity index (χ3n) is 4.83. The van der Waals surface area contributed by atoms with Crippen molar-refractivity contribution in [1.82, 2.24) is 14.6 Å². The second kappa shape index (κ2) is 9.09. The molecule has 2 aromatic heterocycles. The molecule has 0 unspecified atom stereocenters. The Bertz CT molecular complexity index is 1250. The van der Waals surface area contributed by atoms with E-state index in [-0.39, 0.29) is 24.0 Å². The summed E-state index contributed by atoms with van der Waals surface area (Å²) in [6.07, 6.45) is 0.716. The number of rotatable bonds is 7. The van der Waals surface area contributed by atoms with Crippen LogP contribution in [0.5, 0.6) is 5.75 Å². The molecule has 4 rings (SSSR count). The van der Waals surface area contributed by atoms with Gasteiger partial charge in [-0.15, -0.1) is 0 Å². The van der Waals surface area contributed by atoms with Crippen LogP contribution in [0.25, 0.3) is 4.96 Å². The van der Waals surface area contributed by atoms with Gasteiger partial charge in [0.1, 0.15) is 17.4 Å². The molecule has 1 atom stereocenters. The lowest BCUT2D eigenvalue weighted by Gasteiger charge is -2.15. The highest BCUT2D eigenvalue weighted by Crippen LogP contribution is 2.23. The third-order valence-corrected chi connectivity index (χ3v) is 5.66. The molecule has 0 aliphatic carbocycles. The second-order valence-corrected chi connectivity index (χ2v) is 8.24. The number of ether oxygens (including phenoxy) is 1. The average Bonchev–Trinajstić information content (AvgIpc) is 3.15. The van der Waals surface area contributed by atoms with Crippen molar-refractivity contribution in [1.29, 1.82) is 0 Å². The highest BCUT2D eigenvalue weighted by molar-refractivity contribution is 7.16. The highest BCUT2D eigenvalue weighted by Gasteiger charge is 2.18. The highest BCUT2D eigenvalue weighted by atomic mass is 32.1. The van der Waals surface area contributed by atoms with E-state index in [0.717, 1.165) is 10.6 Å². The molecule has 7 nitrogen and oxygen atoms in total. The predicted molar refractivity (Wildman–Crippen MR) is 121 cm³/mol. The van der Waals surface area contributed by atoms with Gasteiger partial charge in [-0.25, -0.2) is 4.98 Å². The Kier molecular flexibility index (Phi) is 6.08. The molecular formula is C23H22N4O3S. The normalized spacial score (nSPS) is 11.9. The minimum atomic E-state index is -0.227. The van der Waals surface area contributed by atoms with Crippen molar-refractivity contribution in [2.45, 2.75) is 32.8 Å². The molecule has 8 heteroatoms. The molecule has 0 bridgehead atoms. The van der Waals surface area contributed by atoms with Crippen LogP contribution in [0.4, 0.5) is 5.69 Å². The SMILES string of the molecule is CC[C@H](C(=O)Nc1ccc(OCc2cc(=O)n3nc(C)sc3n2)cc1)c1ccccc1. The second-order valence-electron chi connectivity index (χ2n) is 7.07. The molecule has 0 spiro atoms. The van der Waals surface area contributed by atoms with Crippen LogP contribution in [-0.4, -0.2) is 20.5 Å². The van der Waals surface area contributed by atoms with Gasteiger partial charge in [0.2, 0.25) is 10.9 Å². The van der Waals surface area contributed by atoms with E-state index >= 15 is 0 Å². The minimum Gasteiger partial charge on any atom is -0.487 e. The first-order chi connectivity index (χ1) is 15.0. The molecule has 0 radical (unpaired) electrons. The zero-order valence-corrected chi connectivity index (χ0v) is 18.1. The van der Waals surface area contributed by atoms with Gasteiger partial charge in [-0.2, -0.15) is 9.61 Å². The van der Waals surface area contributed by atoms with E-state index in [9.17, 15) is 9.59 Å². The Labute approximate surface area is 183 Å². The monoisotopic (exact) mass is 434 g/mol. The predicted octanol–water partition coefficient (Wildman–Crippen LogP) is 4.17. The minimum absolute atomic E-state index is 0.0415. The summed E-state index contributed by atoms with van der Waals surface area (Å²) < 4.78 is 7.05. The fraction of sp³-hybridized carbons (Fsp3) is 0.217. The van der Waals surface area contributed by atoms with E-state index in [2.05, 4.69) is 15.4 Å². The maximum atomic E-state index is 12.7. The van der Waals surface area contributed by atoms with Crippen molar-refractivity contribution in [2.24, 2.45) is 0 Å². The van der Waals surface area contributed by atoms with E-state index in [0.29, 0.717) is 28.5 Å². The lowest BCUT2D eigenvalue weighted by Crippen LogP contribution is -2.20. The van der Waals surface area contributed by atoms with Crippen LogP contribution in [-0.2, 0) is 11.4 Å². The third kappa shape index (κ3) is 4.80. The molecule has 1 amide bonds. The van der Waals surface area contributed by atoms with Gasteiger partial charge < -0.3 is 10.1 Å². The molecule has 0 aliphatic heterocycles. The number of nitrogens with zero attached hydrogens (tertiary/aromatic N) is 3. The average molecular weight is 435 g/mol. The van der Waals surface area contributed by atoms with Gasteiger partial charge in [-0.1, -0.05) is 48.6 Å². The largest absolute Gasteiger partial charge is 0.487 e. The number of hydrogen-bond donors (Lipinski definition) is 1. The molecule has 0 aliphatic rings. The maximum absolute atomic E-state index is 12.7. The maximum Gasteiger partial charge on any atom is 0.275 e. The summed E-state index contributed by atoms with van der Waals surface area (Å²) in [6, 6.07) is 18.3. The van der Waals surface area contributed by atoms with Gasteiger partial charge in [0.05, 0.1) is 11.6 Å². The van der Waals surface area contributed by atoms with Gasteiger partial charge in [-0.05, 0) is 43.2 Å². The summed E-state index contributed by atoms with van der Waals surface area (Å²) in [5.74, 6) is 0.378. The number of carbonyl (C=O) groups is 1. The van der Waals surface area contributed by atoms with E-state index in [1.807, 2.05) is 44.2 Å². The summed E-state index contributed by atoms with van der Waals surface area (Å²) in [5, 5.41) is 7.87. The van der Waals surface area contributed by atoms with Crippen LogP contribution in [0.2, 0.25) is 0 Å². The van der Waals surface area contributed by atoms with Gasteiger partial charge in [0, 0.05) is 11.8 Å². The molecule has 2 aromatic carbocycles. The summed E-state index contributed by atoms with van der Waals surface area (Å²) in [7, 11) is 0. The lowest BCUT2D eigenvalue weighted by molar-refractivity contribution is -0.117. The van der Waals surface area contributed by atoms with Crippen molar-refractivity contribution >= 4 is 27.9 Å². The number of aromatic nitrogens is 3. The van der Waals surface area contributed by atoms with Gasteiger partial charge in [0.15, 0.2) is 0 Å². The van der Waals surface area contributed by atoms with E-state index in [1.54, 1.807) is 24.3 Å². The molecule has 158 valence electrons. The van der Waals surface area contributed by atoms with Crippen LogP contribution in [0, 0.1) is 6.92 Å². The van der Waals surface area contributed by atoms with Crippen LogP contribution in [0.15, 0.2) is 65.5 Å². The number of anilines is 1. The van der Waals surface area contributed by atoms with E-state index < -0.39 is 0 Å². The van der Waals surface area contributed by atoms with Crippen LogP contribution in [0.1, 0.15) is 35.5 Å².